The number of ether oxygens (including phenoxy) is 1. The summed E-state index contributed by atoms with van der Waals surface area (Å²) in [6, 6.07) is 16.9. The first kappa shape index (κ1) is 25.8. The number of amides is 1. The molecule has 0 atom stereocenters. The third-order valence-corrected chi connectivity index (χ3v) is 6.44. The molecule has 0 radical (unpaired) electrons. The van der Waals surface area contributed by atoms with Gasteiger partial charge in [0.05, 0.1) is 16.7 Å². The van der Waals surface area contributed by atoms with Crippen LogP contribution in [0, 0.1) is 25.2 Å². The number of rotatable bonds is 7. The first-order valence-electron chi connectivity index (χ1n) is 10.6. The molecule has 34 heavy (non-hydrogen) atoms. The molecule has 0 heterocycles. The maximum absolute atomic E-state index is 12.7. The van der Waals surface area contributed by atoms with Crippen molar-refractivity contribution >= 4 is 56.8 Å². The number of carbonyl (C=O) groups excluding carboxylic acids is 1. The fourth-order valence-electron chi connectivity index (χ4n) is 3.63. The maximum Gasteiger partial charge on any atom is 0.266 e. The lowest BCUT2D eigenvalue weighted by Crippen LogP contribution is -2.13. The van der Waals surface area contributed by atoms with E-state index in [0.717, 1.165) is 10.0 Å². The first-order valence-corrected chi connectivity index (χ1v) is 12.2. The van der Waals surface area contributed by atoms with Crippen LogP contribution < -0.4 is 10.1 Å². The van der Waals surface area contributed by atoms with Crippen LogP contribution in [-0.2, 0) is 11.2 Å². The van der Waals surface area contributed by atoms with Gasteiger partial charge < -0.3 is 10.1 Å². The SMILES string of the molecule is CCOc1cc(/C=C(\C#N)C(=O)Nc2ccc(Cl)c(Cl)c2)cc(Br)c1Cc1cc(C)cc(C)c1. The second-order valence-electron chi connectivity index (χ2n) is 7.84. The van der Waals surface area contributed by atoms with Gasteiger partial charge in [0, 0.05) is 22.1 Å². The van der Waals surface area contributed by atoms with E-state index in [2.05, 4.69) is 53.3 Å². The zero-order valence-electron chi connectivity index (χ0n) is 19.0. The summed E-state index contributed by atoms with van der Waals surface area (Å²) >= 11 is 15.6. The number of halogens is 3. The number of hydrogen-bond acceptors (Lipinski definition) is 3. The van der Waals surface area contributed by atoms with Gasteiger partial charge in [-0.3, -0.25) is 4.79 Å². The van der Waals surface area contributed by atoms with Crippen molar-refractivity contribution in [2.75, 3.05) is 11.9 Å². The lowest BCUT2D eigenvalue weighted by molar-refractivity contribution is -0.112. The van der Waals surface area contributed by atoms with E-state index in [9.17, 15) is 10.1 Å². The molecule has 0 spiro atoms. The van der Waals surface area contributed by atoms with E-state index in [1.54, 1.807) is 12.1 Å². The van der Waals surface area contributed by atoms with Crippen molar-refractivity contribution in [3.05, 3.63) is 96.4 Å². The van der Waals surface area contributed by atoms with Gasteiger partial charge in [0.25, 0.3) is 5.91 Å². The number of aryl methyl sites for hydroxylation is 2. The highest BCUT2D eigenvalue weighted by Gasteiger charge is 2.15. The quantitative estimate of drug-likeness (QED) is 0.237. The molecule has 3 aromatic carbocycles. The fraction of sp³-hybridized carbons (Fsp3) is 0.185. The smallest absolute Gasteiger partial charge is 0.266 e. The van der Waals surface area contributed by atoms with E-state index >= 15 is 0 Å². The Morgan fingerprint density at radius 1 is 1.09 bits per heavy atom. The monoisotopic (exact) mass is 556 g/mol. The molecule has 3 aromatic rings. The Morgan fingerprint density at radius 3 is 2.41 bits per heavy atom. The van der Waals surface area contributed by atoms with Crippen LogP contribution in [0.1, 0.15) is 34.7 Å². The van der Waals surface area contributed by atoms with Crippen LogP contribution in [0.15, 0.2) is 58.6 Å². The summed E-state index contributed by atoms with van der Waals surface area (Å²) < 4.78 is 6.76. The Balaban J connectivity index is 1.92. The number of benzene rings is 3. The third-order valence-electron chi connectivity index (χ3n) is 4.99. The summed E-state index contributed by atoms with van der Waals surface area (Å²) in [5.74, 6) is 0.152. The molecule has 0 unspecified atom stereocenters. The van der Waals surface area contributed by atoms with Gasteiger partial charge in [-0.2, -0.15) is 5.26 Å². The largest absolute Gasteiger partial charge is 0.494 e. The highest BCUT2D eigenvalue weighted by molar-refractivity contribution is 9.10. The number of carbonyl (C=O) groups is 1. The zero-order chi connectivity index (χ0) is 24.8. The van der Waals surface area contributed by atoms with Crippen molar-refractivity contribution in [2.24, 2.45) is 0 Å². The lowest BCUT2D eigenvalue weighted by atomic mass is 9.98. The summed E-state index contributed by atoms with van der Waals surface area (Å²) in [4.78, 5) is 12.7. The summed E-state index contributed by atoms with van der Waals surface area (Å²) in [7, 11) is 0. The van der Waals surface area contributed by atoms with E-state index in [1.165, 1.54) is 28.8 Å². The van der Waals surface area contributed by atoms with Crippen molar-refractivity contribution < 1.29 is 9.53 Å². The molecule has 0 aliphatic carbocycles. The molecule has 7 heteroatoms. The molecular formula is C27H23BrCl2N2O2. The molecule has 0 saturated carbocycles. The van der Waals surface area contributed by atoms with Crippen molar-refractivity contribution in [3.63, 3.8) is 0 Å². The van der Waals surface area contributed by atoms with E-state index in [1.807, 2.05) is 25.1 Å². The summed E-state index contributed by atoms with van der Waals surface area (Å²) in [6.07, 6.45) is 2.21. The van der Waals surface area contributed by atoms with E-state index in [-0.39, 0.29) is 5.57 Å². The molecule has 174 valence electrons. The number of anilines is 1. The first-order chi connectivity index (χ1) is 16.2. The van der Waals surface area contributed by atoms with E-state index in [0.29, 0.717) is 40.1 Å². The van der Waals surface area contributed by atoms with Crippen molar-refractivity contribution in [1.29, 1.82) is 5.26 Å². The van der Waals surface area contributed by atoms with Gasteiger partial charge >= 0.3 is 0 Å². The highest BCUT2D eigenvalue weighted by atomic mass is 79.9. The number of nitrogens with one attached hydrogen (secondary N) is 1. The van der Waals surface area contributed by atoms with Crippen LogP contribution in [0.3, 0.4) is 0 Å². The Hall–Kier alpha value is -2.78. The predicted molar refractivity (Wildman–Crippen MR) is 143 cm³/mol. The molecule has 0 aliphatic heterocycles. The van der Waals surface area contributed by atoms with Crippen molar-refractivity contribution in [1.82, 2.24) is 0 Å². The average molecular weight is 558 g/mol. The molecule has 4 nitrogen and oxygen atoms in total. The number of hydrogen-bond donors (Lipinski definition) is 1. The fourth-order valence-corrected chi connectivity index (χ4v) is 4.53. The summed E-state index contributed by atoms with van der Waals surface area (Å²) in [5.41, 5.74) is 5.65. The number of nitrogens with zero attached hydrogens (tertiary/aromatic N) is 1. The molecule has 0 saturated heterocycles. The minimum atomic E-state index is -0.547. The van der Waals surface area contributed by atoms with Gasteiger partial charge in [0.1, 0.15) is 17.4 Å². The Labute approximate surface area is 218 Å². The van der Waals surface area contributed by atoms with E-state index in [4.69, 9.17) is 27.9 Å². The molecule has 0 aliphatic rings. The Morgan fingerprint density at radius 2 is 1.79 bits per heavy atom. The highest BCUT2D eigenvalue weighted by Crippen LogP contribution is 2.33. The lowest BCUT2D eigenvalue weighted by Gasteiger charge is -2.15. The van der Waals surface area contributed by atoms with Crippen molar-refractivity contribution in [2.45, 2.75) is 27.2 Å². The molecule has 1 amide bonds. The normalized spacial score (nSPS) is 11.1. The van der Waals surface area contributed by atoms with Crippen molar-refractivity contribution in [3.8, 4) is 11.8 Å². The Kier molecular flexibility index (Phi) is 8.79. The van der Waals surface area contributed by atoms with Gasteiger partial charge in [0.15, 0.2) is 0 Å². The second-order valence-corrected chi connectivity index (χ2v) is 9.51. The predicted octanol–water partition coefficient (Wildman–Crippen LogP) is 7.91. The van der Waals surface area contributed by atoms with E-state index < -0.39 is 5.91 Å². The standard InChI is InChI=1S/C27H23BrCl2N2O2/c1-4-34-26-13-19(12-23(28)22(26)11-18-8-16(2)7-17(3)9-18)10-20(15-31)27(33)32-21-5-6-24(29)25(30)14-21/h5-10,12-14H,4,11H2,1-3H3,(H,32,33)/b20-10+. The minimum absolute atomic E-state index is 0.0533. The number of nitriles is 1. The van der Waals surface area contributed by atoms with Crippen LogP contribution in [0.5, 0.6) is 5.75 Å². The Bertz CT molecular complexity index is 1290. The molecule has 0 aromatic heterocycles. The van der Waals surface area contributed by atoms with Gasteiger partial charge in [0.2, 0.25) is 0 Å². The zero-order valence-corrected chi connectivity index (χ0v) is 22.1. The minimum Gasteiger partial charge on any atom is -0.494 e. The topological polar surface area (TPSA) is 62.1 Å². The van der Waals surface area contributed by atoms with Gasteiger partial charge in [-0.15, -0.1) is 0 Å². The molecule has 0 fully saturated rings. The average Bonchev–Trinajstić information content (AvgIpc) is 2.76. The molecular weight excluding hydrogens is 535 g/mol. The van der Waals surface area contributed by atoms with Crippen LogP contribution in [0.2, 0.25) is 10.0 Å². The summed E-state index contributed by atoms with van der Waals surface area (Å²) in [5, 5.41) is 13.0. The second kappa shape index (κ2) is 11.6. The van der Waals surface area contributed by atoms with Crippen LogP contribution in [0.4, 0.5) is 5.69 Å². The molecule has 3 rings (SSSR count). The van der Waals surface area contributed by atoms with Crippen LogP contribution in [-0.4, -0.2) is 12.5 Å². The van der Waals surface area contributed by atoms with Crippen LogP contribution >= 0.6 is 39.1 Å². The van der Waals surface area contributed by atoms with Gasteiger partial charge in [-0.05, 0) is 68.3 Å². The molecule has 1 N–H and O–H groups in total. The maximum atomic E-state index is 12.7. The van der Waals surface area contributed by atoms with Gasteiger partial charge in [-0.1, -0.05) is 68.5 Å². The van der Waals surface area contributed by atoms with Crippen LogP contribution in [0.25, 0.3) is 6.08 Å². The molecule has 0 bridgehead atoms. The van der Waals surface area contributed by atoms with Gasteiger partial charge in [-0.25, -0.2) is 0 Å². The summed E-state index contributed by atoms with van der Waals surface area (Å²) in [6.45, 7) is 6.56. The third kappa shape index (κ3) is 6.64.